The average molecular weight is 654 g/mol. The lowest BCUT2D eigenvalue weighted by atomic mass is 10.2. The Morgan fingerprint density at radius 3 is 0.750 bits per heavy atom. The Hall–Kier alpha value is -2.62. The van der Waals surface area contributed by atoms with Gasteiger partial charge in [-0.05, 0) is 0 Å². The second-order valence-corrected chi connectivity index (χ2v) is 6.41. The number of hydrogen-bond donors (Lipinski definition) is 2. The Kier molecular flexibility index (Phi) is 9.37. The Bertz CT molecular complexity index is 871. The van der Waals surface area contributed by atoms with Crippen LogP contribution in [0, 0.1) is 0 Å². The van der Waals surface area contributed by atoms with E-state index in [0.29, 0.717) is 0 Å². The lowest BCUT2D eigenvalue weighted by molar-refractivity contribution is -0.496. The van der Waals surface area contributed by atoms with Crippen LogP contribution in [0.2, 0.25) is 0 Å². The van der Waals surface area contributed by atoms with Crippen LogP contribution in [0.1, 0.15) is 0 Å². The van der Waals surface area contributed by atoms with Gasteiger partial charge in [-0.3, -0.25) is 9.47 Å². The monoisotopic (exact) mass is 654 g/mol. The molecule has 0 spiro atoms. The topological polar surface area (TPSA) is 112 Å². The zero-order chi connectivity index (χ0) is 33.0. The van der Waals surface area contributed by atoms with Crippen molar-refractivity contribution in [3.05, 3.63) is 0 Å². The van der Waals surface area contributed by atoms with E-state index in [2.05, 4.69) is 9.78 Å². The standard InChI is InChI=1S/C12H2F20O8/c13-3(7(17,18)19,39-11(29,30)5(15,35)9(23,24)25)1(33)37-38-2(34)4(14,8(20,21)22)40-12(31,32)6(16,36)10(26,27)28/h35-36H. The number of carbonyl (C=O) groups is 2. The van der Waals surface area contributed by atoms with Gasteiger partial charge in [0.1, 0.15) is 0 Å². The summed E-state index contributed by atoms with van der Waals surface area (Å²) >= 11 is 0. The number of alkyl halides is 20. The molecule has 40 heavy (non-hydrogen) atoms. The first-order valence-electron chi connectivity index (χ1n) is 8.03. The highest BCUT2D eigenvalue weighted by Gasteiger charge is 2.81. The maximum atomic E-state index is 13.8. The van der Waals surface area contributed by atoms with Gasteiger partial charge in [0.2, 0.25) is 0 Å². The van der Waals surface area contributed by atoms with Crippen molar-refractivity contribution < 1.29 is 127 Å². The maximum absolute atomic E-state index is 13.8. The van der Waals surface area contributed by atoms with E-state index in [4.69, 9.17) is 10.2 Å². The van der Waals surface area contributed by atoms with E-state index < -0.39 is 72.3 Å². The first-order chi connectivity index (χ1) is 17.0. The van der Waals surface area contributed by atoms with Gasteiger partial charge in [-0.2, -0.15) is 87.8 Å². The second-order valence-electron chi connectivity index (χ2n) is 6.41. The van der Waals surface area contributed by atoms with Gasteiger partial charge in [-0.25, -0.2) is 19.4 Å². The van der Waals surface area contributed by atoms with Gasteiger partial charge in [0.05, 0.1) is 0 Å². The third kappa shape index (κ3) is 6.47. The third-order valence-electron chi connectivity index (χ3n) is 3.51. The van der Waals surface area contributed by atoms with Crippen LogP contribution in [0.4, 0.5) is 87.8 Å². The third-order valence-corrected chi connectivity index (χ3v) is 3.51. The fourth-order valence-electron chi connectivity index (χ4n) is 1.43. The molecular weight excluding hydrogens is 652 g/mol. The molecule has 0 aliphatic rings. The zero-order valence-corrected chi connectivity index (χ0v) is 16.9. The van der Waals surface area contributed by atoms with Crippen molar-refractivity contribution in [2.45, 2.75) is 60.3 Å². The van der Waals surface area contributed by atoms with Crippen molar-refractivity contribution in [1.29, 1.82) is 0 Å². The summed E-state index contributed by atoms with van der Waals surface area (Å²) < 4.78 is 258. The fourth-order valence-corrected chi connectivity index (χ4v) is 1.43. The highest BCUT2D eigenvalue weighted by molar-refractivity contribution is 5.82. The molecule has 0 saturated heterocycles. The van der Waals surface area contributed by atoms with Crippen LogP contribution >= 0.6 is 0 Å². The quantitative estimate of drug-likeness (QED) is 0.229. The summed E-state index contributed by atoms with van der Waals surface area (Å²) in [7, 11) is 0. The molecular formula is C12H2F20O8. The van der Waals surface area contributed by atoms with Crippen molar-refractivity contribution in [2.24, 2.45) is 0 Å². The minimum Gasteiger partial charge on any atom is -0.348 e. The predicted molar refractivity (Wildman–Crippen MR) is 68.3 cm³/mol. The molecule has 238 valence electrons. The number of rotatable bonds is 8. The number of aliphatic hydroxyl groups is 2. The maximum Gasteiger partial charge on any atom is 0.460 e. The Balaban J connectivity index is 6.39. The molecule has 0 aromatic carbocycles. The van der Waals surface area contributed by atoms with Crippen LogP contribution in [-0.2, 0) is 28.8 Å². The minimum atomic E-state index is -7.61. The number of hydrogen-bond acceptors (Lipinski definition) is 8. The summed E-state index contributed by atoms with van der Waals surface area (Å²) in [6.07, 6.45) is -45.2. The van der Waals surface area contributed by atoms with Crippen LogP contribution < -0.4 is 0 Å². The van der Waals surface area contributed by atoms with Crippen molar-refractivity contribution >= 4 is 11.9 Å². The van der Waals surface area contributed by atoms with Crippen LogP contribution in [0.25, 0.3) is 0 Å². The van der Waals surface area contributed by atoms with Crippen molar-refractivity contribution in [2.75, 3.05) is 0 Å². The van der Waals surface area contributed by atoms with Gasteiger partial charge in [-0.1, -0.05) is 0 Å². The molecule has 0 aliphatic heterocycles. The summed E-state index contributed by atoms with van der Waals surface area (Å²) in [4.78, 5) is 26.2. The first kappa shape index (κ1) is 37.4. The minimum absolute atomic E-state index is 1.58. The number of carbonyl (C=O) groups excluding carboxylic acids is 2. The average Bonchev–Trinajstić information content (AvgIpc) is 2.67. The molecule has 2 N–H and O–H groups in total. The zero-order valence-electron chi connectivity index (χ0n) is 16.9. The molecule has 4 unspecified atom stereocenters. The van der Waals surface area contributed by atoms with Gasteiger partial charge >= 0.3 is 72.3 Å². The lowest BCUT2D eigenvalue weighted by Crippen LogP contribution is -2.64. The normalized spacial score (nSPS) is 20.4. The van der Waals surface area contributed by atoms with Crippen LogP contribution in [0.5, 0.6) is 0 Å². The van der Waals surface area contributed by atoms with E-state index in [0.717, 1.165) is 0 Å². The van der Waals surface area contributed by atoms with Crippen molar-refractivity contribution in [1.82, 2.24) is 0 Å². The summed E-state index contributed by atoms with van der Waals surface area (Å²) in [6.45, 7) is 0. The predicted octanol–water partition coefficient (Wildman–Crippen LogP) is 4.10. The van der Waals surface area contributed by atoms with Crippen molar-refractivity contribution in [3.63, 3.8) is 0 Å². The highest BCUT2D eigenvalue weighted by atomic mass is 19.4. The molecule has 0 aliphatic carbocycles. The smallest absolute Gasteiger partial charge is 0.348 e. The Morgan fingerprint density at radius 2 is 0.600 bits per heavy atom. The van der Waals surface area contributed by atoms with Gasteiger partial charge in [-0.15, -0.1) is 0 Å². The summed E-state index contributed by atoms with van der Waals surface area (Å²) in [5, 5.41) is 16.0. The number of halogens is 20. The summed E-state index contributed by atoms with van der Waals surface area (Å²) in [6, 6.07) is 0. The van der Waals surface area contributed by atoms with Crippen LogP contribution in [0.15, 0.2) is 0 Å². The Labute approximate surface area is 200 Å². The molecule has 8 nitrogen and oxygen atoms in total. The molecule has 0 aromatic rings. The van der Waals surface area contributed by atoms with Gasteiger partial charge in [0.15, 0.2) is 0 Å². The van der Waals surface area contributed by atoms with Gasteiger partial charge in [0, 0.05) is 0 Å². The molecule has 0 amide bonds. The number of ether oxygens (including phenoxy) is 2. The molecule has 0 bridgehead atoms. The fraction of sp³-hybridized carbons (Fsp3) is 0.833. The first-order valence-corrected chi connectivity index (χ1v) is 8.03. The summed E-state index contributed by atoms with van der Waals surface area (Å²) in [5.74, 6) is -38.9. The molecule has 4 atom stereocenters. The van der Waals surface area contributed by atoms with Crippen LogP contribution in [0.3, 0.4) is 0 Å². The molecule has 0 heterocycles. The SMILES string of the molecule is O=C(OOC(=O)C(F)(OC(F)(F)C(O)(F)C(F)(F)F)C(F)(F)F)C(F)(OC(F)(F)C(O)(F)C(F)(F)F)C(F)(F)F. The van der Waals surface area contributed by atoms with Gasteiger partial charge < -0.3 is 10.2 Å². The lowest BCUT2D eigenvalue weighted by Gasteiger charge is -2.35. The second kappa shape index (κ2) is 10.0. The van der Waals surface area contributed by atoms with E-state index in [1.54, 1.807) is 9.47 Å². The van der Waals surface area contributed by atoms with E-state index in [1.165, 1.54) is 0 Å². The molecule has 28 heteroatoms. The van der Waals surface area contributed by atoms with Crippen LogP contribution in [-0.4, -0.2) is 82.5 Å². The largest absolute Gasteiger partial charge is 0.460 e. The van der Waals surface area contributed by atoms with Gasteiger partial charge in [0.25, 0.3) is 0 Å². The van der Waals surface area contributed by atoms with Crippen molar-refractivity contribution in [3.8, 4) is 0 Å². The van der Waals surface area contributed by atoms with E-state index in [1.807, 2.05) is 0 Å². The molecule has 0 fully saturated rings. The van der Waals surface area contributed by atoms with E-state index >= 15 is 0 Å². The molecule has 0 radical (unpaired) electrons. The highest BCUT2D eigenvalue weighted by Crippen LogP contribution is 2.51. The Morgan fingerprint density at radius 1 is 0.400 bits per heavy atom. The summed E-state index contributed by atoms with van der Waals surface area (Å²) in [5.41, 5.74) is 0. The van der Waals surface area contributed by atoms with E-state index in [9.17, 15) is 97.4 Å². The molecule has 0 aromatic heterocycles. The molecule has 0 saturated carbocycles. The molecule has 0 rings (SSSR count). The van der Waals surface area contributed by atoms with E-state index in [-0.39, 0.29) is 0 Å².